The van der Waals surface area contributed by atoms with E-state index >= 15 is 0 Å². The molecular formula is C27H26N2O6. The molecule has 2 aromatic rings. The van der Waals surface area contributed by atoms with Crippen molar-refractivity contribution in [1.29, 1.82) is 0 Å². The second-order valence-corrected chi connectivity index (χ2v) is 8.92. The third-order valence-corrected chi connectivity index (χ3v) is 6.72. The van der Waals surface area contributed by atoms with E-state index in [1.807, 2.05) is 19.1 Å². The molecule has 1 aliphatic carbocycles. The van der Waals surface area contributed by atoms with Gasteiger partial charge in [-0.2, -0.15) is 0 Å². The van der Waals surface area contributed by atoms with Crippen molar-refractivity contribution in [2.24, 2.45) is 17.8 Å². The van der Waals surface area contributed by atoms with Crippen molar-refractivity contribution in [2.45, 2.75) is 26.2 Å². The standard InChI is InChI=1S/C27H26N2O6/c1-2-34-20-12-10-18(11-13-20)28-16-17(14-24(28)30)27(33)35-21-7-5-6-19(15-21)29-25(31)22-8-3-4-9-23(22)26(29)32/h3-7,10-13,15,17,22-23H,2,8-9,14,16H2,1H3/t17-,22-,23-/m1/s1. The summed E-state index contributed by atoms with van der Waals surface area (Å²) in [5.41, 5.74) is 1.08. The van der Waals surface area contributed by atoms with Crippen LogP contribution < -0.4 is 19.3 Å². The summed E-state index contributed by atoms with van der Waals surface area (Å²) in [5, 5.41) is 0. The van der Waals surface area contributed by atoms with Gasteiger partial charge >= 0.3 is 5.97 Å². The van der Waals surface area contributed by atoms with Crippen LogP contribution in [-0.2, 0) is 19.2 Å². The van der Waals surface area contributed by atoms with E-state index in [4.69, 9.17) is 9.47 Å². The smallest absolute Gasteiger partial charge is 0.316 e. The van der Waals surface area contributed by atoms with Crippen LogP contribution in [0.15, 0.2) is 60.7 Å². The third-order valence-electron chi connectivity index (χ3n) is 6.72. The van der Waals surface area contributed by atoms with Crippen molar-refractivity contribution in [3.63, 3.8) is 0 Å². The van der Waals surface area contributed by atoms with Gasteiger partial charge in [-0.1, -0.05) is 18.2 Å². The van der Waals surface area contributed by atoms with Crippen LogP contribution in [0.25, 0.3) is 0 Å². The van der Waals surface area contributed by atoms with Crippen molar-refractivity contribution in [1.82, 2.24) is 0 Å². The first-order chi connectivity index (χ1) is 17.0. The highest BCUT2D eigenvalue weighted by Crippen LogP contribution is 2.38. The minimum absolute atomic E-state index is 0.0468. The van der Waals surface area contributed by atoms with E-state index < -0.39 is 11.9 Å². The van der Waals surface area contributed by atoms with Gasteiger partial charge in [0.05, 0.1) is 30.0 Å². The Kier molecular flexibility index (Phi) is 6.11. The molecule has 0 bridgehead atoms. The van der Waals surface area contributed by atoms with Crippen LogP contribution >= 0.6 is 0 Å². The monoisotopic (exact) mass is 474 g/mol. The highest BCUT2D eigenvalue weighted by Gasteiger charge is 2.48. The average molecular weight is 475 g/mol. The third kappa shape index (κ3) is 4.32. The Morgan fingerprint density at radius 2 is 1.60 bits per heavy atom. The molecule has 3 amide bonds. The normalized spacial score (nSPS) is 23.6. The van der Waals surface area contributed by atoms with Gasteiger partial charge in [-0.25, -0.2) is 4.90 Å². The van der Waals surface area contributed by atoms with Crippen LogP contribution in [0.3, 0.4) is 0 Å². The van der Waals surface area contributed by atoms with Gasteiger partial charge in [0.15, 0.2) is 0 Å². The molecule has 8 heteroatoms. The van der Waals surface area contributed by atoms with E-state index in [-0.39, 0.29) is 48.3 Å². The molecule has 2 fully saturated rings. The number of carbonyl (C=O) groups is 4. The Bertz CT molecular complexity index is 1180. The van der Waals surface area contributed by atoms with Gasteiger partial charge in [0.25, 0.3) is 0 Å². The summed E-state index contributed by atoms with van der Waals surface area (Å²) in [6, 6.07) is 13.6. The van der Waals surface area contributed by atoms with Crippen molar-refractivity contribution in [2.75, 3.05) is 23.0 Å². The topological polar surface area (TPSA) is 93.2 Å². The number of allylic oxidation sites excluding steroid dienone is 2. The van der Waals surface area contributed by atoms with Crippen LogP contribution in [0, 0.1) is 17.8 Å². The number of esters is 1. The first-order valence-electron chi connectivity index (χ1n) is 11.8. The molecule has 0 radical (unpaired) electrons. The Balaban J connectivity index is 1.26. The maximum absolute atomic E-state index is 12.9. The number of hydrogen-bond acceptors (Lipinski definition) is 6. The van der Waals surface area contributed by atoms with Gasteiger partial charge in [0, 0.05) is 24.7 Å². The minimum atomic E-state index is -0.623. The Labute approximate surface area is 203 Å². The SMILES string of the molecule is CCOc1ccc(N2C[C@H](C(=O)Oc3cccc(N4C(=O)[C@@H]5CC=CC[C@H]5C4=O)c3)CC2=O)cc1. The zero-order valence-electron chi connectivity index (χ0n) is 19.4. The van der Waals surface area contributed by atoms with Crippen LogP contribution in [0.1, 0.15) is 26.2 Å². The predicted molar refractivity (Wildman–Crippen MR) is 128 cm³/mol. The molecule has 3 atom stereocenters. The quantitative estimate of drug-likeness (QED) is 0.275. The van der Waals surface area contributed by atoms with Crippen LogP contribution in [0.4, 0.5) is 11.4 Å². The van der Waals surface area contributed by atoms with Gasteiger partial charge in [-0.15, -0.1) is 0 Å². The lowest BCUT2D eigenvalue weighted by Gasteiger charge is -2.18. The fourth-order valence-corrected chi connectivity index (χ4v) is 4.94. The molecule has 0 unspecified atom stereocenters. The maximum atomic E-state index is 12.9. The lowest BCUT2D eigenvalue weighted by atomic mass is 9.85. The Hall–Kier alpha value is -3.94. The van der Waals surface area contributed by atoms with Crippen LogP contribution in [-0.4, -0.2) is 36.8 Å². The fraction of sp³-hybridized carbons (Fsp3) is 0.333. The summed E-state index contributed by atoms with van der Waals surface area (Å²) in [4.78, 5) is 53.9. The number of benzene rings is 2. The molecule has 2 aliphatic heterocycles. The molecule has 180 valence electrons. The van der Waals surface area contributed by atoms with E-state index in [0.29, 0.717) is 36.6 Å². The van der Waals surface area contributed by atoms with E-state index in [0.717, 1.165) is 0 Å². The van der Waals surface area contributed by atoms with Gasteiger partial charge < -0.3 is 14.4 Å². The number of rotatable bonds is 6. The van der Waals surface area contributed by atoms with Crippen molar-refractivity contribution in [3.8, 4) is 11.5 Å². The lowest BCUT2D eigenvalue weighted by Crippen LogP contribution is -2.31. The van der Waals surface area contributed by atoms with E-state index in [1.165, 1.54) is 11.0 Å². The first-order valence-corrected chi connectivity index (χ1v) is 11.8. The molecular weight excluding hydrogens is 448 g/mol. The number of hydrogen-bond donors (Lipinski definition) is 0. The van der Waals surface area contributed by atoms with Gasteiger partial charge in [-0.05, 0) is 56.2 Å². The summed E-state index contributed by atoms with van der Waals surface area (Å²) in [6.07, 6.45) is 5.04. The molecule has 3 aliphatic rings. The van der Waals surface area contributed by atoms with Crippen LogP contribution in [0.5, 0.6) is 11.5 Å². The number of anilines is 2. The van der Waals surface area contributed by atoms with Gasteiger partial charge in [0.2, 0.25) is 17.7 Å². The predicted octanol–water partition coefficient (Wildman–Crippen LogP) is 3.50. The number of amides is 3. The number of ether oxygens (including phenoxy) is 2. The van der Waals surface area contributed by atoms with Crippen LogP contribution in [0.2, 0.25) is 0 Å². The molecule has 8 nitrogen and oxygen atoms in total. The van der Waals surface area contributed by atoms with Gasteiger partial charge in [-0.3, -0.25) is 19.2 Å². The summed E-state index contributed by atoms with van der Waals surface area (Å²) in [7, 11) is 0. The zero-order chi connectivity index (χ0) is 24.5. The molecule has 35 heavy (non-hydrogen) atoms. The summed E-state index contributed by atoms with van der Waals surface area (Å²) in [6.45, 7) is 2.66. The van der Waals surface area contributed by atoms with E-state index in [1.54, 1.807) is 47.4 Å². The number of carbonyl (C=O) groups excluding carboxylic acids is 4. The van der Waals surface area contributed by atoms with E-state index in [2.05, 4.69) is 0 Å². The molecule has 0 spiro atoms. The summed E-state index contributed by atoms with van der Waals surface area (Å²) in [5.74, 6) is -1.48. The molecule has 0 aromatic heterocycles. The highest BCUT2D eigenvalue weighted by atomic mass is 16.5. The number of fused-ring (bicyclic) bond motifs is 1. The molecule has 2 saturated heterocycles. The lowest BCUT2D eigenvalue weighted by molar-refractivity contribution is -0.139. The average Bonchev–Trinajstić information content (AvgIpc) is 3.37. The van der Waals surface area contributed by atoms with Gasteiger partial charge in [0.1, 0.15) is 11.5 Å². The first kappa shape index (κ1) is 22.8. The number of imide groups is 1. The van der Waals surface area contributed by atoms with Crippen molar-refractivity contribution >= 4 is 35.1 Å². The zero-order valence-corrected chi connectivity index (χ0v) is 19.4. The Morgan fingerprint density at radius 1 is 0.914 bits per heavy atom. The minimum Gasteiger partial charge on any atom is -0.494 e. The molecule has 5 rings (SSSR count). The summed E-state index contributed by atoms with van der Waals surface area (Å²) < 4.78 is 11.0. The second kappa shape index (κ2) is 9.37. The number of nitrogens with zero attached hydrogens (tertiary/aromatic N) is 2. The molecule has 2 aromatic carbocycles. The van der Waals surface area contributed by atoms with Crippen molar-refractivity contribution in [3.05, 3.63) is 60.7 Å². The largest absolute Gasteiger partial charge is 0.494 e. The van der Waals surface area contributed by atoms with Crippen molar-refractivity contribution < 1.29 is 28.7 Å². The summed E-state index contributed by atoms with van der Waals surface area (Å²) >= 11 is 0. The van der Waals surface area contributed by atoms with E-state index in [9.17, 15) is 19.2 Å². The molecule has 0 N–H and O–H groups in total. The molecule has 2 heterocycles. The Morgan fingerprint density at radius 3 is 2.26 bits per heavy atom. The highest BCUT2D eigenvalue weighted by molar-refractivity contribution is 6.22. The maximum Gasteiger partial charge on any atom is 0.316 e. The molecule has 0 saturated carbocycles. The fourth-order valence-electron chi connectivity index (χ4n) is 4.94. The second-order valence-electron chi connectivity index (χ2n) is 8.92.